The standard InChI is InChI=1S/C14H23N7/c1-4-6-11-18-12(15-7-5-2)8-13(19-11)16-9-14-20-17-10-21(14)3/h8,10H,4-7,9H2,1-3H3,(H2,15,16,18,19). The molecule has 0 unspecified atom stereocenters. The van der Waals surface area contributed by atoms with Gasteiger partial charge in [-0.3, -0.25) is 0 Å². The SMILES string of the molecule is CCCNc1cc(NCc2nncn2C)nc(CCC)n1. The largest absolute Gasteiger partial charge is 0.370 e. The summed E-state index contributed by atoms with van der Waals surface area (Å²) >= 11 is 0. The smallest absolute Gasteiger partial charge is 0.151 e. The molecule has 0 aromatic carbocycles. The van der Waals surface area contributed by atoms with Gasteiger partial charge in [-0.2, -0.15) is 0 Å². The zero-order valence-electron chi connectivity index (χ0n) is 12.9. The van der Waals surface area contributed by atoms with E-state index in [4.69, 9.17) is 0 Å². The van der Waals surface area contributed by atoms with E-state index in [1.807, 2.05) is 17.7 Å². The molecule has 0 spiro atoms. The lowest BCUT2D eigenvalue weighted by Gasteiger charge is -2.10. The predicted molar refractivity (Wildman–Crippen MR) is 83.1 cm³/mol. The molecule has 2 aromatic rings. The molecule has 0 atom stereocenters. The van der Waals surface area contributed by atoms with Crippen molar-refractivity contribution in [1.82, 2.24) is 24.7 Å². The summed E-state index contributed by atoms with van der Waals surface area (Å²) in [5.74, 6) is 3.42. The Morgan fingerprint density at radius 3 is 2.48 bits per heavy atom. The van der Waals surface area contributed by atoms with E-state index in [0.717, 1.165) is 49.1 Å². The van der Waals surface area contributed by atoms with Gasteiger partial charge in [0.2, 0.25) is 0 Å². The summed E-state index contributed by atoms with van der Waals surface area (Å²) in [6, 6.07) is 1.94. The Kier molecular flexibility index (Phi) is 5.48. The molecule has 0 amide bonds. The van der Waals surface area contributed by atoms with Gasteiger partial charge >= 0.3 is 0 Å². The molecular formula is C14H23N7. The number of aryl methyl sites for hydroxylation is 2. The maximum atomic E-state index is 4.54. The number of hydrogen-bond donors (Lipinski definition) is 2. The van der Waals surface area contributed by atoms with E-state index in [9.17, 15) is 0 Å². The minimum atomic E-state index is 0.590. The summed E-state index contributed by atoms with van der Waals surface area (Å²) in [7, 11) is 1.92. The molecule has 0 radical (unpaired) electrons. The van der Waals surface area contributed by atoms with Gasteiger partial charge in [0.05, 0.1) is 6.54 Å². The maximum Gasteiger partial charge on any atom is 0.151 e. The highest BCUT2D eigenvalue weighted by Crippen LogP contribution is 2.13. The highest BCUT2D eigenvalue weighted by atomic mass is 15.3. The highest BCUT2D eigenvalue weighted by molar-refractivity contribution is 5.47. The number of hydrogen-bond acceptors (Lipinski definition) is 6. The molecule has 0 aliphatic heterocycles. The zero-order chi connectivity index (χ0) is 15.1. The lowest BCUT2D eigenvalue weighted by Crippen LogP contribution is -2.10. The van der Waals surface area contributed by atoms with Crippen molar-refractivity contribution in [2.24, 2.45) is 7.05 Å². The summed E-state index contributed by atoms with van der Waals surface area (Å²) in [6.45, 7) is 5.76. The third-order valence-corrected chi connectivity index (χ3v) is 3.03. The molecule has 7 heteroatoms. The lowest BCUT2D eigenvalue weighted by molar-refractivity contribution is 0.801. The van der Waals surface area contributed by atoms with Crippen LogP contribution in [0.2, 0.25) is 0 Å². The third-order valence-electron chi connectivity index (χ3n) is 3.03. The van der Waals surface area contributed by atoms with E-state index in [-0.39, 0.29) is 0 Å². The monoisotopic (exact) mass is 289 g/mol. The van der Waals surface area contributed by atoms with Gasteiger partial charge in [-0.1, -0.05) is 13.8 Å². The average Bonchev–Trinajstić information content (AvgIpc) is 2.88. The molecule has 7 nitrogen and oxygen atoms in total. The van der Waals surface area contributed by atoms with Crippen molar-refractivity contribution in [3.8, 4) is 0 Å². The molecule has 2 heterocycles. The van der Waals surface area contributed by atoms with Crippen molar-refractivity contribution < 1.29 is 0 Å². The van der Waals surface area contributed by atoms with Gasteiger partial charge in [0.25, 0.3) is 0 Å². The number of rotatable bonds is 8. The van der Waals surface area contributed by atoms with Crippen LogP contribution in [0, 0.1) is 0 Å². The van der Waals surface area contributed by atoms with Gasteiger partial charge in [-0.05, 0) is 12.8 Å². The summed E-state index contributed by atoms with van der Waals surface area (Å²) in [5, 5.41) is 14.5. The average molecular weight is 289 g/mol. The Balaban J connectivity index is 2.09. The van der Waals surface area contributed by atoms with Crippen LogP contribution >= 0.6 is 0 Å². The van der Waals surface area contributed by atoms with E-state index in [1.54, 1.807) is 6.33 Å². The van der Waals surface area contributed by atoms with Crippen LogP contribution in [0.4, 0.5) is 11.6 Å². The van der Waals surface area contributed by atoms with Crippen molar-refractivity contribution in [2.75, 3.05) is 17.2 Å². The second kappa shape index (κ2) is 7.56. The summed E-state index contributed by atoms with van der Waals surface area (Å²) in [5.41, 5.74) is 0. The van der Waals surface area contributed by atoms with Gasteiger partial charge in [0.1, 0.15) is 23.8 Å². The Bertz CT molecular complexity index is 564. The van der Waals surface area contributed by atoms with Crippen LogP contribution in [0.25, 0.3) is 0 Å². The van der Waals surface area contributed by atoms with Gasteiger partial charge in [0, 0.05) is 26.1 Å². The molecule has 2 rings (SSSR count). The zero-order valence-corrected chi connectivity index (χ0v) is 12.9. The van der Waals surface area contributed by atoms with Crippen LogP contribution in [0.15, 0.2) is 12.4 Å². The highest BCUT2D eigenvalue weighted by Gasteiger charge is 2.06. The van der Waals surface area contributed by atoms with Crippen molar-refractivity contribution in [3.63, 3.8) is 0 Å². The minimum Gasteiger partial charge on any atom is -0.370 e. The molecule has 21 heavy (non-hydrogen) atoms. The first-order chi connectivity index (χ1) is 10.2. The van der Waals surface area contributed by atoms with Crippen molar-refractivity contribution in [1.29, 1.82) is 0 Å². The molecule has 0 saturated heterocycles. The molecule has 2 N–H and O–H groups in total. The van der Waals surface area contributed by atoms with E-state index in [0.29, 0.717) is 6.54 Å². The molecule has 0 bridgehead atoms. The fourth-order valence-corrected chi connectivity index (χ4v) is 1.90. The first-order valence-electron chi connectivity index (χ1n) is 7.41. The van der Waals surface area contributed by atoms with Crippen molar-refractivity contribution in [2.45, 2.75) is 39.7 Å². The fraction of sp³-hybridized carbons (Fsp3) is 0.571. The summed E-state index contributed by atoms with van der Waals surface area (Å²) in [4.78, 5) is 9.07. The number of nitrogens with zero attached hydrogens (tertiary/aromatic N) is 5. The van der Waals surface area contributed by atoms with Crippen LogP contribution in [-0.4, -0.2) is 31.3 Å². The molecular weight excluding hydrogens is 266 g/mol. The van der Waals surface area contributed by atoms with E-state index >= 15 is 0 Å². The van der Waals surface area contributed by atoms with Gasteiger partial charge in [-0.15, -0.1) is 10.2 Å². The molecule has 0 saturated carbocycles. The van der Waals surface area contributed by atoms with Crippen LogP contribution in [0.3, 0.4) is 0 Å². The van der Waals surface area contributed by atoms with E-state index in [1.165, 1.54) is 0 Å². The molecule has 0 fully saturated rings. The number of anilines is 2. The molecule has 2 aromatic heterocycles. The Hall–Kier alpha value is -2.18. The van der Waals surface area contributed by atoms with Crippen LogP contribution in [0.1, 0.15) is 38.3 Å². The first kappa shape index (κ1) is 15.2. The quantitative estimate of drug-likeness (QED) is 0.773. The summed E-state index contributed by atoms with van der Waals surface area (Å²) < 4.78 is 1.89. The normalized spacial score (nSPS) is 10.6. The Morgan fingerprint density at radius 2 is 1.86 bits per heavy atom. The van der Waals surface area contributed by atoms with Gasteiger partial charge in [-0.25, -0.2) is 9.97 Å². The minimum absolute atomic E-state index is 0.590. The van der Waals surface area contributed by atoms with E-state index < -0.39 is 0 Å². The molecule has 0 aliphatic rings. The van der Waals surface area contributed by atoms with E-state index in [2.05, 4.69) is 44.6 Å². The van der Waals surface area contributed by atoms with Crippen LogP contribution < -0.4 is 10.6 Å². The molecule has 114 valence electrons. The van der Waals surface area contributed by atoms with Crippen molar-refractivity contribution in [3.05, 3.63) is 24.0 Å². The second-order valence-electron chi connectivity index (χ2n) is 4.94. The predicted octanol–water partition coefficient (Wildman–Crippen LogP) is 1.99. The molecule has 0 aliphatic carbocycles. The Morgan fingerprint density at radius 1 is 1.10 bits per heavy atom. The Labute approximate surface area is 125 Å². The second-order valence-corrected chi connectivity index (χ2v) is 4.94. The topological polar surface area (TPSA) is 80.5 Å². The lowest BCUT2D eigenvalue weighted by atomic mass is 10.3. The number of aromatic nitrogens is 5. The van der Waals surface area contributed by atoms with Crippen LogP contribution in [0.5, 0.6) is 0 Å². The van der Waals surface area contributed by atoms with Gasteiger partial charge in [0.15, 0.2) is 5.82 Å². The van der Waals surface area contributed by atoms with Crippen molar-refractivity contribution >= 4 is 11.6 Å². The third kappa shape index (κ3) is 4.40. The first-order valence-corrected chi connectivity index (χ1v) is 7.41. The fourth-order valence-electron chi connectivity index (χ4n) is 1.90. The number of nitrogens with one attached hydrogen (secondary N) is 2. The van der Waals surface area contributed by atoms with Gasteiger partial charge < -0.3 is 15.2 Å². The summed E-state index contributed by atoms with van der Waals surface area (Å²) in [6.07, 6.45) is 4.66. The van der Waals surface area contributed by atoms with Crippen LogP contribution in [-0.2, 0) is 20.0 Å². The maximum absolute atomic E-state index is 4.54.